The molecule has 142 valence electrons. The van der Waals surface area contributed by atoms with Crippen molar-refractivity contribution in [2.24, 2.45) is 0 Å². The summed E-state index contributed by atoms with van der Waals surface area (Å²) in [7, 11) is -2.90. The van der Waals surface area contributed by atoms with E-state index in [1.807, 2.05) is 6.92 Å². The van der Waals surface area contributed by atoms with Crippen LogP contribution >= 0.6 is 11.3 Å². The van der Waals surface area contributed by atoms with Gasteiger partial charge in [-0.15, -0.1) is 11.3 Å². The van der Waals surface area contributed by atoms with E-state index in [0.29, 0.717) is 6.42 Å². The summed E-state index contributed by atoms with van der Waals surface area (Å²) in [6.07, 6.45) is 3.23. The van der Waals surface area contributed by atoms with Crippen molar-refractivity contribution in [3.63, 3.8) is 0 Å². The van der Waals surface area contributed by atoms with Crippen molar-refractivity contribution in [1.82, 2.24) is 9.55 Å². The molecule has 0 amide bonds. The SMILES string of the molecule is Cc1cc(-c2csc(NC[C@@H]3CCCO3)n2)c(C)n1[C@H]1CCS(=O)(=O)C1. The molecule has 4 rings (SSSR count). The van der Waals surface area contributed by atoms with Gasteiger partial charge in [-0.3, -0.25) is 0 Å². The van der Waals surface area contributed by atoms with Crippen LogP contribution in [0.1, 0.15) is 36.7 Å². The number of aryl methyl sites for hydroxylation is 1. The first-order valence-electron chi connectivity index (χ1n) is 9.13. The number of hydrogen-bond acceptors (Lipinski definition) is 6. The number of anilines is 1. The molecule has 2 aliphatic rings. The zero-order valence-corrected chi connectivity index (χ0v) is 16.8. The Bertz CT molecular complexity index is 895. The Morgan fingerprint density at radius 1 is 1.38 bits per heavy atom. The van der Waals surface area contributed by atoms with Crippen molar-refractivity contribution in [3.05, 3.63) is 22.8 Å². The lowest BCUT2D eigenvalue weighted by Crippen LogP contribution is -2.18. The predicted molar refractivity (Wildman–Crippen MR) is 105 cm³/mol. The highest BCUT2D eigenvalue weighted by Crippen LogP contribution is 2.34. The van der Waals surface area contributed by atoms with Crippen molar-refractivity contribution in [2.45, 2.75) is 45.3 Å². The van der Waals surface area contributed by atoms with Gasteiger partial charge in [-0.25, -0.2) is 13.4 Å². The standard InChI is InChI=1S/C18H25N3O3S2/c1-12-8-16(13(2)21(12)14-5-7-26(22,23)11-14)17-10-25-18(20-17)19-9-15-4-3-6-24-15/h8,10,14-15H,3-7,9,11H2,1-2H3,(H,19,20)/t14-,15-/m0/s1. The van der Waals surface area contributed by atoms with E-state index in [1.165, 1.54) is 0 Å². The Labute approximate surface area is 158 Å². The van der Waals surface area contributed by atoms with E-state index in [9.17, 15) is 8.42 Å². The molecule has 2 aromatic rings. The van der Waals surface area contributed by atoms with E-state index in [-0.39, 0.29) is 23.7 Å². The molecule has 0 saturated carbocycles. The molecule has 2 atom stereocenters. The highest BCUT2D eigenvalue weighted by Gasteiger charge is 2.31. The van der Waals surface area contributed by atoms with E-state index in [1.54, 1.807) is 11.3 Å². The molecule has 2 aliphatic heterocycles. The van der Waals surface area contributed by atoms with Crippen molar-refractivity contribution in [1.29, 1.82) is 0 Å². The monoisotopic (exact) mass is 395 g/mol. The van der Waals surface area contributed by atoms with Gasteiger partial charge in [0.2, 0.25) is 0 Å². The van der Waals surface area contributed by atoms with E-state index in [4.69, 9.17) is 9.72 Å². The minimum atomic E-state index is -2.90. The minimum Gasteiger partial charge on any atom is -0.376 e. The average Bonchev–Trinajstić information content (AvgIpc) is 3.34. The first-order valence-corrected chi connectivity index (χ1v) is 11.8. The van der Waals surface area contributed by atoms with Crippen LogP contribution in [-0.4, -0.2) is 48.7 Å². The summed E-state index contributed by atoms with van der Waals surface area (Å²) >= 11 is 1.60. The van der Waals surface area contributed by atoms with Gasteiger partial charge in [-0.2, -0.15) is 0 Å². The number of sulfone groups is 1. The molecular weight excluding hydrogens is 370 g/mol. The number of rotatable bonds is 5. The summed E-state index contributed by atoms with van der Waals surface area (Å²) in [5, 5.41) is 6.35. The quantitative estimate of drug-likeness (QED) is 0.842. The molecule has 0 radical (unpaired) electrons. The predicted octanol–water partition coefficient (Wildman–Crippen LogP) is 3.18. The molecule has 0 aliphatic carbocycles. The van der Waals surface area contributed by atoms with E-state index in [0.717, 1.165) is 53.8 Å². The summed E-state index contributed by atoms with van der Waals surface area (Å²) < 4.78 is 31.5. The maximum Gasteiger partial charge on any atom is 0.183 e. The zero-order valence-electron chi connectivity index (χ0n) is 15.2. The molecule has 4 heterocycles. The van der Waals surface area contributed by atoms with Gasteiger partial charge in [0.25, 0.3) is 0 Å². The molecular formula is C18H25N3O3S2. The number of aromatic nitrogens is 2. The van der Waals surface area contributed by atoms with Crippen LogP contribution in [0.5, 0.6) is 0 Å². The lowest BCUT2D eigenvalue weighted by Gasteiger charge is -2.16. The summed E-state index contributed by atoms with van der Waals surface area (Å²) in [4.78, 5) is 4.73. The molecule has 2 fully saturated rings. The van der Waals surface area contributed by atoms with Crippen molar-refractivity contribution < 1.29 is 13.2 Å². The van der Waals surface area contributed by atoms with Gasteiger partial charge < -0.3 is 14.6 Å². The maximum atomic E-state index is 11.9. The van der Waals surface area contributed by atoms with Crippen LogP contribution in [0.4, 0.5) is 5.13 Å². The van der Waals surface area contributed by atoms with E-state index >= 15 is 0 Å². The second-order valence-electron chi connectivity index (χ2n) is 7.27. The average molecular weight is 396 g/mol. The maximum absolute atomic E-state index is 11.9. The van der Waals surface area contributed by atoms with E-state index < -0.39 is 9.84 Å². The van der Waals surface area contributed by atoms with Crippen LogP contribution in [0, 0.1) is 13.8 Å². The van der Waals surface area contributed by atoms with Gasteiger partial charge in [0, 0.05) is 41.5 Å². The molecule has 0 bridgehead atoms. The Morgan fingerprint density at radius 2 is 2.23 bits per heavy atom. The molecule has 0 spiro atoms. The lowest BCUT2D eigenvalue weighted by atomic mass is 10.2. The molecule has 0 unspecified atom stereocenters. The van der Waals surface area contributed by atoms with Crippen molar-refractivity contribution in [2.75, 3.05) is 30.0 Å². The summed E-state index contributed by atoms with van der Waals surface area (Å²) in [6.45, 7) is 5.76. The zero-order chi connectivity index (χ0) is 18.3. The van der Waals surface area contributed by atoms with Gasteiger partial charge in [0.15, 0.2) is 15.0 Å². The second kappa shape index (κ2) is 6.98. The van der Waals surface area contributed by atoms with Gasteiger partial charge in [-0.1, -0.05) is 0 Å². The molecule has 6 nitrogen and oxygen atoms in total. The molecule has 2 aromatic heterocycles. The smallest absolute Gasteiger partial charge is 0.183 e. The van der Waals surface area contributed by atoms with Crippen LogP contribution in [0.3, 0.4) is 0 Å². The Balaban J connectivity index is 1.52. The largest absolute Gasteiger partial charge is 0.376 e. The third kappa shape index (κ3) is 3.54. The number of hydrogen-bond donors (Lipinski definition) is 1. The lowest BCUT2D eigenvalue weighted by molar-refractivity contribution is 0.120. The van der Waals surface area contributed by atoms with E-state index in [2.05, 4.69) is 28.3 Å². The number of ether oxygens (including phenoxy) is 1. The third-order valence-electron chi connectivity index (χ3n) is 5.34. The van der Waals surface area contributed by atoms with Gasteiger partial charge in [0.05, 0.1) is 23.3 Å². The molecule has 8 heteroatoms. The van der Waals surface area contributed by atoms with Crippen LogP contribution in [0.25, 0.3) is 11.3 Å². The van der Waals surface area contributed by atoms with Crippen LogP contribution < -0.4 is 5.32 Å². The van der Waals surface area contributed by atoms with Crippen LogP contribution in [0.15, 0.2) is 11.4 Å². The fourth-order valence-electron chi connectivity index (χ4n) is 4.06. The normalized spacial score (nSPS) is 25.0. The fourth-order valence-corrected chi connectivity index (χ4v) is 6.48. The number of nitrogens with zero attached hydrogens (tertiary/aromatic N) is 2. The van der Waals surface area contributed by atoms with Gasteiger partial charge in [-0.05, 0) is 39.2 Å². The fraction of sp³-hybridized carbons (Fsp3) is 0.611. The Hall–Kier alpha value is -1.38. The molecule has 26 heavy (non-hydrogen) atoms. The minimum absolute atomic E-state index is 0.0458. The summed E-state index contributed by atoms with van der Waals surface area (Å²) in [6, 6.07) is 2.17. The topological polar surface area (TPSA) is 73.2 Å². The second-order valence-corrected chi connectivity index (χ2v) is 10.4. The van der Waals surface area contributed by atoms with Gasteiger partial charge >= 0.3 is 0 Å². The molecule has 2 saturated heterocycles. The Morgan fingerprint density at radius 3 is 2.92 bits per heavy atom. The van der Waals surface area contributed by atoms with Crippen molar-refractivity contribution in [3.8, 4) is 11.3 Å². The highest BCUT2D eigenvalue weighted by atomic mass is 32.2. The summed E-state index contributed by atoms with van der Waals surface area (Å²) in [5.41, 5.74) is 4.24. The van der Waals surface area contributed by atoms with Crippen LogP contribution in [-0.2, 0) is 14.6 Å². The number of thiazole rings is 1. The number of nitrogens with one attached hydrogen (secondary N) is 1. The molecule has 1 N–H and O–H groups in total. The van der Waals surface area contributed by atoms with Gasteiger partial charge in [0.1, 0.15) is 0 Å². The molecule has 0 aromatic carbocycles. The van der Waals surface area contributed by atoms with Crippen LogP contribution in [0.2, 0.25) is 0 Å². The Kier molecular flexibility index (Phi) is 4.83. The first-order chi connectivity index (χ1) is 12.4. The van der Waals surface area contributed by atoms with Crippen molar-refractivity contribution >= 4 is 26.3 Å². The summed E-state index contributed by atoms with van der Waals surface area (Å²) in [5.74, 6) is 0.534. The first kappa shape index (κ1) is 18.0. The highest BCUT2D eigenvalue weighted by molar-refractivity contribution is 7.91. The third-order valence-corrected chi connectivity index (χ3v) is 7.89.